The molecule has 0 radical (unpaired) electrons. The summed E-state index contributed by atoms with van der Waals surface area (Å²) in [4.78, 5) is 39.7. The van der Waals surface area contributed by atoms with Crippen LogP contribution in [0.1, 0.15) is 44.7 Å². The van der Waals surface area contributed by atoms with Crippen LogP contribution in [0.4, 0.5) is 0 Å². The zero-order valence-corrected chi connectivity index (χ0v) is 23.3. The third-order valence-corrected chi connectivity index (χ3v) is 8.55. The van der Waals surface area contributed by atoms with Gasteiger partial charge in [-0.3, -0.25) is 9.59 Å². The summed E-state index contributed by atoms with van der Waals surface area (Å²) in [7, 11) is 3.42. The molecule has 2 N–H and O–H groups in total. The van der Waals surface area contributed by atoms with E-state index >= 15 is 0 Å². The molecule has 0 heterocycles. The molecule has 0 saturated heterocycles. The van der Waals surface area contributed by atoms with Gasteiger partial charge < -0.3 is 20.1 Å². The van der Waals surface area contributed by atoms with Gasteiger partial charge in [-0.2, -0.15) is 0 Å². The number of amides is 2. The molecule has 3 atom stereocenters. The van der Waals surface area contributed by atoms with Crippen molar-refractivity contribution in [3.63, 3.8) is 0 Å². The summed E-state index contributed by atoms with van der Waals surface area (Å²) in [5.41, 5.74) is 0.0719. The topological polar surface area (TPSA) is 95.9 Å². The Morgan fingerprint density at radius 3 is 2.22 bits per heavy atom. The number of ether oxygens (including phenoxy) is 1. The zero-order chi connectivity index (χ0) is 27.5. The third-order valence-electron chi connectivity index (χ3n) is 7.84. The van der Waals surface area contributed by atoms with Crippen LogP contribution >= 0.6 is 23.2 Å². The van der Waals surface area contributed by atoms with E-state index in [-0.39, 0.29) is 24.8 Å². The second-order valence-electron chi connectivity index (χ2n) is 10.6. The number of hydrogen-bond acceptors (Lipinski definition) is 4. The van der Waals surface area contributed by atoms with Crippen molar-refractivity contribution in [2.45, 2.75) is 52.7 Å². The lowest BCUT2D eigenvalue weighted by Crippen LogP contribution is -2.51. The predicted octanol–water partition coefficient (Wildman–Crippen LogP) is 5.22. The second kappa shape index (κ2) is 11.3. The van der Waals surface area contributed by atoms with Gasteiger partial charge in [0.05, 0.1) is 5.41 Å². The van der Waals surface area contributed by atoms with Crippen molar-refractivity contribution in [3.05, 3.63) is 63.6 Å². The summed E-state index contributed by atoms with van der Waals surface area (Å²) < 4.78 is 5.79. The van der Waals surface area contributed by atoms with Crippen LogP contribution in [0.15, 0.2) is 42.5 Å². The van der Waals surface area contributed by atoms with E-state index in [4.69, 9.17) is 27.9 Å². The molecule has 0 aromatic heterocycles. The van der Waals surface area contributed by atoms with Crippen molar-refractivity contribution in [3.8, 4) is 5.75 Å². The lowest BCUT2D eigenvalue weighted by atomic mass is 9.64. The summed E-state index contributed by atoms with van der Waals surface area (Å²) in [6, 6.07) is 11.1. The van der Waals surface area contributed by atoms with Crippen molar-refractivity contribution in [2.24, 2.45) is 16.7 Å². The van der Waals surface area contributed by atoms with Crippen LogP contribution in [0, 0.1) is 16.7 Å². The molecule has 2 aromatic rings. The molecule has 0 aliphatic heterocycles. The number of carboxylic acid groups (broad SMARTS) is 1. The maximum absolute atomic E-state index is 13.2. The quantitative estimate of drug-likeness (QED) is 0.448. The number of hydrogen-bond donors (Lipinski definition) is 2. The van der Waals surface area contributed by atoms with Crippen molar-refractivity contribution in [1.29, 1.82) is 0 Å². The summed E-state index contributed by atoms with van der Waals surface area (Å²) in [6.07, 6.45) is 1.19. The number of benzene rings is 2. The maximum atomic E-state index is 13.2. The normalized spacial score (nSPS) is 21.2. The number of carboxylic acids is 1. The van der Waals surface area contributed by atoms with Crippen LogP contribution in [0.25, 0.3) is 0 Å². The predicted molar refractivity (Wildman–Crippen MR) is 144 cm³/mol. The minimum atomic E-state index is -1.12. The van der Waals surface area contributed by atoms with Crippen molar-refractivity contribution in [1.82, 2.24) is 10.2 Å². The van der Waals surface area contributed by atoms with Crippen LogP contribution in [-0.2, 0) is 27.4 Å². The number of nitrogens with one attached hydrogen (secondary N) is 1. The Morgan fingerprint density at radius 1 is 1.08 bits per heavy atom. The first kappa shape index (κ1) is 28.8. The van der Waals surface area contributed by atoms with Gasteiger partial charge in [0.1, 0.15) is 18.4 Å². The highest BCUT2D eigenvalue weighted by atomic mass is 35.5. The number of halogens is 2. The number of aliphatic carboxylic acids is 1. The van der Waals surface area contributed by atoms with Crippen molar-refractivity contribution < 1.29 is 24.2 Å². The van der Waals surface area contributed by atoms with Gasteiger partial charge >= 0.3 is 5.97 Å². The Hall–Kier alpha value is -2.77. The molecule has 0 bridgehead atoms. The van der Waals surface area contributed by atoms with Crippen LogP contribution < -0.4 is 10.1 Å². The third kappa shape index (κ3) is 6.04. The molecule has 1 aliphatic rings. The Kier molecular flexibility index (Phi) is 8.81. The molecular formula is C28H34Cl2N2O5. The fraction of sp³-hybridized carbons (Fsp3) is 0.464. The SMILES string of the molecule is CN(C)C(=O)C1(C)CCC(C(=O)N[C@@H](Cc2ccc(OCc3c(Cl)cccc3Cl)cc2)C(=O)O)C1(C)C. The van der Waals surface area contributed by atoms with E-state index in [1.165, 1.54) is 0 Å². The Labute approximate surface area is 228 Å². The number of rotatable bonds is 9. The molecule has 1 saturated carbocycles. The van der Waals surface area contributed by atoms with Crippen LogP contribution in [0.3, 0.4) is 0 Å². The Balaban J connectivity index is 1.65. The molecule has 37 heavy (non-hydrogen) atoms. The van der Waals surface area contributed by atoms with E-state index in [9.17, 15) is 19.5 Å². The van der Waals surface area contributed by atoms with Gasteiger partial charge in [-0.1, -0.05) is 62.2 Å². The van der Waals surface area contributed by atoms with Crippen LogP contribution in [0.2, 0.25) is 10.0 Å². The van der Waals surface area contributed by atoms with E-state index in [0.717, 1.165) is 5.56 Å². The fourth-order valence-electron chi connectivity index (χ4n) is 5.09. The molecule has 2 aromatic carbocycles. The minimum absolute atomic E-state index is 0.0262. The summed E-state index contributed by atoms with van der Waals surface area (Å²) in [5, 5.41) is 13.6. The maximum Gasteiger partial charge on any atom is 0.326 e. The monoisotopic (exact) mass is 548 g/mol. The smallest absolute Gasteiger partial charge is 0.326 e. The highest BCUT2D eigenvalue weighted by Crippen LogP contribution is 2.56. The summed E-state index contributed by atoms with van der Waals surface area (Å²) in [5.74, 6) is -1.39. The van der Waals surface area contributed by atoms with Gasteiger partial charge in [0.2, 0.25) is 11.8 Å². The number of carbonyl (C=O) groups excluding carboxylic acids is 2. The lowest BCUT2D eigenvalue weighted by Gasteiger charge is -2.41. The highest BCUT2D eigenvalue weighted by Gasteiger charge is 2.58. The van der Waals surface area contributed by atoms with E-state index in [1.54, 1.807) is 61.5 Å². The Morgan fingerprint density at radius 2 is 1.68 bits per heavy atom. The summed E-state index contributed by atoms with van der Waals surface area (Å²) >= 11 is 12.4. The lowest BCUT2D eigenvalue weighted by molar-refractivity contribution is -0.148. The molecular weight excluding hydrogens is 515 g/mol. The molecule has 1 fully saturated rings. The fourth-order valence-corrected chi connectivity index (χ4v) is 5.60. The number of carbonyl (C=O) groups is 3. The van der Waals surface area contributed by atoms with Crippen molar-refractivity contribution >= 4 is 41.0 Å². The Bertz CT molecular complexity index is 1150. The second-order valence-corrected chi connectivity index (χ2v) is 11.4. The van der Waals surface area contributed by atoms with Crippen LogP contribution in [0.5, 0.6) is 5.75 Å². The molecule has 1 aliphatic carbocycles. The van der Waals surface area contributed by atoms with Gasteiger partial charge in [-0.15, -0.1) is 0 Å². The zero-order valence-electron chi connectivity index (χ0n) is 21.8. The molecule has 9 heteroatoms. The minimum Gasteiger partial charge on any atom is -0.489 e. The van der Waals surface area contributed by atoms with Crippen LogP contribution in [-0.4, -0.2) is 47.9 Å². The molecule has 200 valence electrons. The first-order chi connectivity index (χ1) is 17.3. The number of nitrogens with zero attached hydrogens (tertiary/aromatic N) is 1. The summed E-state index contributed by atoms with van der Waals surface area (Å²) in [6.45, 7) is 5.91. The van der Waals surface area contributed by atoms with Gasteiger partial charge in [-0.25, -0.2) is 4.79 Å². The van der Waals surface area contributed by atoms with E-state index in [0.29, 0.717) is 34.2 Å². The van der Waals surface area contributed by atoms with Gasteiger partial charge in [0.25, 0.3) is 0 Å². The highest BCUT2D eigenvalue weighted by molar-refractivity contribution is 6.35. The average molecular weight is 549 g/mol. The first-order valence-electron chi connectivity index (χ1n) is 12.2. The van der Waals surface area contributed by atoms with Gasteiger partial charge in [0, 0.05) is 42.0 Å². The standard InChI is InChI=1S/C28H34Cl2N2O5/c1-27(2)20(13-14-28(27,3)26(36)32(4)5)24(33)31-23(25(34)35)15-17-9-11-18(12-10-17)37-16-19-21(29)7-6-8-22(19)30/h6-12,20,23H,13-16H2,1-5H3,(H,31,33)(H,34,35)/t20?,23-,28?/m0/s1. The molecule has 0 spiro atoms. The van der Waals surface area contributed by atoms with E-state index in [2.05, 4.69) is 5.32 Å². The average Bonchev–Trinajstić information content (AvgIpc) is 3.08. The van der Waals surface area contributed by atoms with E-state index < -0.39 is 28.8 Å². The van der Waals surface area contributed by atoms with Gasteiger partial charge in [-0.05, 0) is 48.1 Å². The molecule has 2 amide bonds. The first-order valence-corrected chi connectivity index (χ1v) is 12.9. The molecule has 7 nitrogen and oxygen atoms in total. The molecule has 2 unspecified atom stereocenters. The molecule has 3 rings (SSSR count). The van der Waals surface area contributed by atoms with Crippen molar-refractivity contribution in [2.75, 3.05) is 14.1 Å². The van der Waals surface area contributed by atoms with E-state index in [1.807, 2.05) is 20.8 Å². The van der Waals surface area contributed by atoms with Gasteiger partial charge in [0.15, 0.2) is 0 Å². The largest absolute Gasteiger partial charge is 0.489 e.